The summed E-state index contributed by atoms with van der Waals surface area (Å²) in [5.41, 5.74) is 1.73. The number of hydrogen-bond donors (Lipinski definition) is 4. The highest BCUT2D eigenvalue weighted by molar-refractivity contribution is 6.05. The normalized spacial score (nSPS) is 15.6. The van der Waals surface area contributed by atoms with Crippen LogP contribution in [0, 0.1) is 6.92 Å². The van der Waals surface area contributed by atoms with Crippen LogP contribution in [0.5, 0.6) is 5.75 Å². The van der Waals surface area contributed by atoms with E-state index in [2.05, 4.69) is 10.6 Å². The first-order valence-electron chi connectivity index (χ1n) is 13.2. The monoisotopic (exact) mass is 555 g/mol. The minimum atomic E-state index is -1.26. The number of alkyl carbamates (subject to hydrolysis) is 2. The van der Waals surface area contributed by atoms with Crippen molar-refractivity contribution in [2.45, 2.75) is 77.7 Å². The first-order chi connectivity index (χ1) is 18.9. The molecule has 1 heterocycles. The summed E-state index contributed by atoms with van der Waals surface area (Å²) in [5, 5.41) is 25.5. The number of benzene rings is 2. The quantitative estimate of drug-likeness (QED) is 0.320. The van der Waals surface area contributed by atoms with Crippen molar-refractivity contribution in [2.75, 3.05) is 11.4 Å². The predicted molar refractivity (Wildman–Crippen MR) is 147 cm³/mol. The summed E-state index contributed by atoms with van der Waals surface area (Å²) in [7, 11) is 0. The lowest BCUT2D eigenvalue weighted by atomic mass is 9.91. The summed E-state index contributed by atoms with van der Waals surface area (Å²) in [5.74, 6) is -1.95. The van der Waals surface area contributed by atoms with Gasteiger partial charge in [-0.2, -0.15) is 0 Å². The molecule has 40 heavy (non-hydrogen) atoms. The molecule has 0 unspecified atom stereocenters. The number of anilines is 1. The number of aliphatic carboxylic acids is 1. The first kappa shape index (κ1) is 30.3. The molecule has 2 atom stereocenters. The summed E-state index contributed by atoms with van der Waals surface area (Å²) >= 11 is 0. The van der Waals surface area contributed by atoms with Crippen molar-refractivity contribution in [3.8, 4) is 5.75 Å². The molecule has 0 bridgehead atoms. The van der Waals surface area contributed by atoms with E-state index in [1.807, 2.05) is 18.2 Å². The molecule has 3 rings (SSSR count). The number of hydrogen-bond acceptors (Lipinski definition) is 7. The van der Waals surface area contributed by atoms with Crippen molar-refractivity contribution in [3.63, 3.8) is 0 Å². The Labute approximate surface area is 233 Å². The van der Waals surface area contributed by atoms with Crippen molar-refractivity contribution < 1.29 is 38.9 Å². The van der Waals surface area contributed by atoms with Gasteiger partial charge in [0.05, 0.1) is 5.69 Å². The van der Waals surface area contributed by atoms with Gasteiger partial charge in [0.1, 0.15) is 30.0 Å². The van der Waals surface area contributed by atoms with E-state index in [0.29, 0.717) is 24.0 Å². The molecule has 0 aliphatic carbocycles. The number of carbonyl (C=O) groups is 4. The largest absolute Gasteiger partial charge is 0.508 e. The maximum atomic E-state index is 13.6. The topological polar surface area (TPSA) is 154 Å². The van der Waals surface area contributed by atoms with E-state index >= 15 is 0 Å². The van der Waals surface area contributed by atoms with E-state index in [9.17, 15) is 29.4 Å². The number of carboxylic acid groups (broad SMARTS) is 1. The minimum Gasteiger partial charge on any atom is -0.508 e. The van der Waals surface area contributed by atoms with E-state index < -0.39 is 41.7 Å². The number of nitrogens with one attached hydrogen (secondary N) is 2. The lowest BCUT2D eigenvalue weighted by Gasteiger charge is -2.38. The molecule has 0 fully saturated rings. The smallest absolute Gasteiger partial charge is 0.408 e. The number of aryl methyl sites for hydroxylation is 1. The highest BCUT2D eigenvalue weighted by atomic mass is 16.6. The Morgan fingerprint density at radius 3 is 2.45 bits per heavy atom. The molecule has 3 amide bonds. The van der Waals surface area contributed by atoms with Gasteiger partial charge in [-0.25, -0.2) is 14.4 Å². The van der Waals surface area contributed by atoms with Gasteiger partial charge in [0.25, 0.3) is 5.91 Å². The van der Waals surface area contributed by atoms with Crippen LogP contribution in [0.15, 0.2) is 42.5 Å². The molecular weight excluding hydrogens is 518 g/mol. The lowest BCUT2D eigenvalue weighted by molar-refractivity contribution is -0.140. The molecule has 1 aliphatic rings. The number of unbranched alkanes of at least 4 members (excludes halogenated alkanes) is 1. The van der Waals surface area contributed by atoms with Crippen LogP contribution >= 0.6 is 0 Å². The fourth-order valence-electron chi connectivity index (χ4n) is 4.51. The van der Waals surface area contributed by atoms with Crippen molar-refractivity contribution in [2.24, 2.45) is 0 Å². The van der Waals surface area contributed by atoms with Crippen LogP contribution in [0.2, 0.25) is 0 Å². The highest BCUT2D eigenvalue weighted by Gasteiger charge is 2.41. The molecule has 11 nitrogen and oxygen atoms in total. The van der Waals surface area contributed by atoms with Crippen molar-refractivity contribution in [1.82, 2.24) is 10.6 Å². The number of ether oxygens (including phenoxy) is 2. The van der Waals surface area contributed by atoms with Crippen molar-refractivity contribution >= 4 is 29.8 Å². The SMILES string of the molecule is Cc1cc(O)cc2c1C[C@H](NC(=O)OCc1ccccc1)C(=O)N2[C@@H](CCCCNC(=O)OC(C)(C)C)C(=O)O. The molecule has 1 aliphatic heterocycles. The zero-order valence-electron chi connectivity index (χ0n) is 23.2. The minimum absolute atomic E-state index is 0.00979. The molecule has 11 heteroatoms. The van der Waals surface area contributed by atoms with Crippen LogP contribution in [0.4, 0.5) is 15.3 Å². The van der Waals surface area contributed by atoms with Crippen molar-refractivity contribution in [1.29, 1.82) is 0 Å². The molecule has 0 saturated carbocycles. The number of fused-ring (bicyclic) bond motifs is 1. The first-order valence-corrected chi connectivity index (χ1v) is 13.2. The summed E-state index contributed by atoms with van der Waals surface area (Å²) < 4.78 is 10.5. The average Bonchev–Trinajstić information content (AvgIpc) is 2.86. The molecule has 2 aromatic rings. The molecular formula is C29H37N3O8. The van der Waals surface area contributed by atoms with Gasteiger partial charge >= 0.3 is 18.2 Å². The number of nitrogens with zero attached hydrogens (tertiary/aromatic N) is 1. The van der Waals surface area contributed by atoms with Crippen LogP contribution in [-0.4, -0.2) is 58.5 Å². The Morgan fingerprint density at radius 1 is 1.10 bits per heavy atom. The molecule has 216 valence electrons. The predicted octanol–water partition coefficient (Wildman–Crippen LogP) is 4.03. The Balaban J connectivity index is 1.72. The van der Waals surface area contributed by atoms with Gasteiger partial charge < -0.3 is 30.3 Å². The number of phenols is 1. The Morgan fingerprint density at radius 2 is 1.80 bits per heavy atom. The summed E-state index contributed by atoms with van der Waals surface area (Å²) in [4.78, 5) is 51.6. The number of aromatic hydroxyl groups is 1. The third-order valence-electron chi connectivity index (χ3n) is 6.31. The van der Waals surface area contributed by atoms with Gasteiger partial charge in [-0.3, -0.25) is 9.69 Å². The number of amides is 3. The van der Waals surface area contributed by atoms with E-state index in [-0.39, 0.29) is 37.4 Å². The van der Waals surface area contributed by atoms with Crippen LogP contribution in [0.25, 0.3) is 0 Å². The molecule has 0 aromatic heterocycles. The molecule has 0 radical (unpaired) electrons. The van der Waals surface area contributed by atoms with E-state index in [0.717, 1.165) is 10.5 Å². The van der Waals surface area contributed by atoms with Crippen LogP contribution in [0.3, 0.4) is 0 Å². The van der Waals surface area contributed by atoms with Crippen LogP contribution < -0.4 is 15.5 Å². The maximum Gasteiger partial charge on any atom is 0.408 e. The van der Waals surface area contributed by atoms with E-state index in [1.165, 1.54) is 12.1 Å². The Hall–Kier alpha value is -4.28. The number of rotatable bonds is 10. The van der Waals surface area contributed by atoms with E-state index in [4.69, 9.17) is 9.47 Å². The summed E-state index contributed by atoms with van der Waals surface area (Å²) in [6.45, 7) is 7.28. The lowest BCUT2D eigenvalue weighted by Crippen LogP contribution is -2.58. The van der Waals surface area contributed by atoms with E-state index in [1.54, 1.807) is 39.8 Å². The third-order valence-corrected chi connectivity index (χ3v) is 6.31. The summed E-state index contributed by atoms with van der Waals surface area (Å²) in [6, 6.07) is 9.63. The second kappa shape index (κ2) is 13.2. The fourth-order valence-corrected chi connectivity index (χ4v) is 4.51. The zero-order valence-corrected chi connectivity index (χ0v) is 23.2. The van der Waals surface area contributed by atoms with Gasteiger partial charge in [0.15, 0.2) is 0 Å². The molecule has 0 spiro atoms. The van der Waals surface area contributed by atoms with Crippen LogP contribution in [-0.2, 0) is 32.1 Å². The molecule has 4 N–H and O–H groups in total. The zero-order chi connectivity index (χ0) is 29.4. The van der Waals surface area contributed by atoms with Gasteiger partial charge in [0.2, 0.25) is 0 Å². The third kappa shape index (κ3) is 8.36. The Bertz CT molecular complexity index is 1230. The van der Waals surface area contributed by atoms with Gasteiger partial charge in [-0.1, -0.05) is 30.3 Å². The fraction of sp³-hybridized carbons (Fsp3) is 0.448. The second-order valence-electron chi connectivity index (χ2n) is 10.7. The number of carbonyl (C=O) groups excluding carboxylic acids is 3. The van der Waals surface area contributed by atoms with Gasteiger partial charge in [-0.05, 0) is 69.7 Å². The molecule has 0 saturated heterocycles. The second-order valence-corrected chi connectivity index (χ2v) is 10.7. The average molecular weight is 556 g/mol. The van der Waals surface area contributed by atoms with Crippen LogP contribution in [0.1, 0.15) is 56.7 Å². The van der Waals surface area contributed by atoms with Gasteiger partial charge in [-0.15, -0.1) is 0 Å². The maximum absolute atomic E-state index is 13.6. The van der Waals surface area contributed by atoms with Gasteiger partial charge in [0, 0.05) is 19.0 Å². The highest BCUT2D eigenvalue weighted by Crippen LogP contribution is 2.36. The summed E-state index contributed by atoms with van der Waals surface area (Å²) in [6.07, 6.45) is -0.353. The standard InChI is InChI=1S/C29H37N3O8/c1-18-14-20(33)15-24-21(18)16-22(31-28(38)39-17-19-10-6-5-7-11-19)25(34)32(24)23(26(35)36)12-8-9-13-30-27(37)40-29(2,3)4/h5-7,10-11,14-15,22-23,33H,8-9,12-13,16-17H2,1-4H3,(H,30,37)(H,31,38)(H,35,36)/t22-,23-/m0/s1. The number of phenolic OH excluding ortho intramolecular Hbond substituents is 1. The number of carboxylic acids is 1. The van der Waals surface area contributed by atoms with Crippen molar-refractivity contribution in [3.05, 3.63) is 59.2 Å². The Kier molecular flexibility index (Phi) is 9.98. The molecule has 2 aromatic carbocycles.